The molecule has 0 amide bonds. The van der Waals surface area contributed by atoms with Crippen LogP contribution in [0.15, 0.2) is 0 Å². The molecule has 0 saturated heterocycles. The third-order valence-electron chi connectivity index (χ3n) is 4.72. The smallest absolute Gasteiger partial charge is 0.0355 e. The molecule has 0 aromatic rings. The van der Waals surface area contributed by atoms with E-state index in [1.54, 1.807) is 19.3 Å². The van der Waals surface area contributed by atoms with Gasteiger partial charge in [-0.15, -0.1) is 0 Å². The zero-order chi connectivity index (χ0) is 9.26. The average Bonchev–Trinajstić information content (AvgIpc) is 2.55. The van der Waals surface area contributed by atoms with Crippen LogP contribution in [-0.2, 0) is 0 Å². The van der Waals surface area contributed by atoms with Gasteiger partial charge in [-0.25, -0.2) is 0 Å². The molecule has 2 aliphatic rings. The SMILES string of the molecule is CCC1CC2CCCCC2C1CC. The van der Waals surface area contributed by atoms with Crippen molar-refractivity contribution in [3.8, 4) is 0 Å². The van der Waals surface area contributed by atoms with E-state index in [-0.39, 0.29) is 0 Å². The van der Waals surface area contributed by atoms with Crippen LogP contribution in [0, 0.1) is 23.7 Å². The summed E-state index contributed by atoms with van der Waals surface area (Å²) in [7, 11) is 0. The van der Waals surface area contributed by atoms with Crippen LogP contribution >= 0.6 is 0 Å². The first-order chi connectivity index (χ1) is 6.36. The van der Waals surface area contributed by atoms with Crippen molar-refractivity contribution in [1.29, 1.82) is 0 Å². The molecule has 4 unspecified atom stereocenters. The van der Waals surface area contributed by atoms with E-state index >= 15 is 0 Å². The first kappa shape index (κ1) is 9.55. The fourth-order valence-electron chi connectivity index (χ4n) is 4.11. The second kappa shape index (κ2) is 4.02. The van der Waals surface area contributed by atoms with Crippen LogP contribution in [0.3, 0.4) is 0 Å². The first-order valence-electron chi connectivity index (χ1n) is 6.36. The Labute approximate surface area is 83.1 Å². The van der Waals surface area contributed by atoms with Crippen LogP contribution < -0.4 is 0 Å². The third kappa shape index (κ3) is 1.65. The summed E-state index contributed by atoms with van der Waals surface area (Å²) in [6, 6.07) is 0. The monoisotopic (exact) mass is 180 g/mol. The zero-order valence-electron chi connectivity index (χ0n) is 9.26. The quantitative estimate of drug-likeness (QED) is 0.596. The van der Waals surface area contributed by atoms with Gasteiger partial charge < -0.3 is 0 Å². The van der Waals surface area contributed by atoms with Crippen LogP contribution in [-0.4, -0.2) is 0 Å². The summed E-state index contributed by atoms with van der Waals surface area (Å²) < 4.78 is 0. The van der Waals surface area contributed by atoms with Gasteiger partial charge in [0.25, 0.3) is 0 Å². The number of rotatable bonds is 2. The Kier molecular flexibility index (Phi) is 2.96. The lowest BCUT2D eigenvalue weighted by molar-refractivity contribution is 0.212. The maximum absolute atomic E-state index is 2.41. The standard InChI is InChI=1S/C13H24/c1-3-10-9-11-7-5-6-8-13(11)12(10)4-2/h10-13H,3-9H2,1-2H3. The Morgan fingerprint density at radius 2 is 1.77 bits per heavy atom. The Hall–Kier alpha value is 0. The minimum absolute atomic E-state index is 1.08. The van der Waals surface area contributed by atoms with Gasteiger partial charge in [0.05, 0.1) is 0 Å². The van der Waals surface area contributed by atoms with Crippen molar-refractivity contribution < 1.29 is 0 Å². The molecule has 0 aromatic carbocycles. The first-order valence-corrected chi connectivity index (χ1v) is 6.36. The molecule has 0 N–H and O–H groups in total. The molecule has 0 nitrogen and oxygen atoms in total. The Bertz CT molecular complexity index is 157. The second-order valence-corrected chi connectivity index (χ2v) is 5.18. The summed E-state index contributed by atoms with van der Waals surface area (Å²) in [6.07, 6.45) is 10.6. The maximum atomic E-state index is 2.41. The number of hydrogen-bond donors (Lipinski definition) is 0. The maximum Gasteiger partial charge on any atom is -0.0355 e. The van der Waals surface area contributed by atoms with E-state index in [9.17, 15) is 0 Å². The summed E-state index contributed by atoms with van der Waals surface area (Å²) in [5, 5.41) is 0. The summed E-state index contributed by atoms with van der Waals surface area (Å²) in [5.41, 5.74) is 0. The van der Waals surface area contributed by atoms with Gasteiger partial charge in [0.2, 0.25) is 0 Å². The van der Waals surface area contributed by atoms with E-state index in [1.807, 2.05) is 0 Å². The molecular weight excluding hydrogens is 156 g/mol. The summed E-state index contributed by atoms with van der Waals surface area (Å²) in [5.74, 6) is 4.43. The van der Waals surface area contributed by atoms with Gasteiger partial charge >= 0.3 is 0 Å². The van der Waals surface area contributed by atoms with Gasteiger partial charge in [0.1, 0.15) is 0 Å². The molecule has 2 saturated carbocycles. The minimum Gasteiger partial charge on any atom is -0.0651 e. The van der Waals surface area contributed by atoms with E-state index in [1.165, 1.54) is 25.7 Å². The van der Waals surface area contributed by atoms with Crippen molar-refractivity contribution >= 4 is 0 Å². The molecule has 2 fully saturated rings. The summed E-state index contributed by atoms with van der Waals surface area (Å²) in [6.45, 7) is 4.80. The molecule has 0 radical (unpaired) electrons. The van der Waals surface area contributed by atoms with E-state index in [4.69, 9.17) is 0 Å². The lowest BCUT2D eigenvalue weighted by Crippen LogP contribution is -2.20. The van der Waals surface area contributed by atoms with Gasteiger partial charge in [-0.3, -0.25) is 0 Å². The van der Waals surface area contributed by atoms with Crippen LogP contribution in [0.5, 0.6) is 0 Å². The lowest BCUT2D eigenvalue weighted by Gasteiger charge is -2.29. The van der Waals surface area contributed by atoms with Gasteiger partial charge in [-0.2, -0.15) is 0 Å². The predicted molar refractivity (Wildman–Crippen MR) is 57.6 cm³/mol. The molecule has 0 spiro atoms. The molecule has 0 heterocycles. The highest BCUT2D eigenvalue weighted by molar-refractivity contribution is 4.91. The fourth-order valence-corrected chi connectivity index (χ4v) is 4.11. The Morgan fingerprint density at radius 3 is 2.46 bits per heavy atom. The van der Waals surface area contributed by atoms with Crippen LogP contribution in [0.4, 0.5) is 0 Å². The third-order valence-corrected chi connectivity index (χ3v) is 4.72. The Morgan fingerprint density at radius 1 is 1.00 bits per heavy atom. The van der Waals surface area contributed by atoms with Crippen molar-refractivity contribution in [2.75, 3.05) is 0 Å². The highest BCUT2D eigenvalue weighted by Crippen LogP contribution is 2.51. The lowest BCUT2D eigenvalue weighted by atomic mass is 9.76. The van der Waals surface area contributed by atoms with E-state index in [0.29, 0.717) is 0 Å². The molecule has 0 aromatic heterocycles. The zero-order valence-corrected chi connectivity index (χ0v) is 9.26. The van der Waals surface area contributed by atoms with Crippen LogP contribution in [0.1, 0.15) is 58.8 Å². The van der Waals surface area contributed by atoms with E-state index in [2.05, 4.69) is 13.8 Å². The van der Waals surface area contributed by atoms with Gasteiger partial charge in [-0.05, 0) is 36.5 Å². The summed E-state index contributed by atoms with van der Waals surface area (Å²) >= 11 is 0. The minimum atomic E-state index is 1.08. The van der Waals surface area contributed by atoms with Crippen molar-refractivity contribution in [2.45, 2.75) is 58.8 Å². The molecule has 4 atom stereocenters. The molecule has 2 aliphatic carbocycles. The molecular formula is C13H24. The Balaban J connectivity index is 2.05. The molecule has 13 heavy (non-hydrogen) atoms. The molecule has 2 rings (SSSR count). The average molecular weight is 180 g/mol. The van der Waals surface area contributed by atoms with E-state index < -0.39 is 0 Å². The van der Waals surface area contributed by atoms with Crippen molar-refractivity contribution in [3.63, 3.8) is 0 Å². The van der Waals surface area contributed by atoms with Gasteiger partial charge in [0, 0.05) is 0 Å². The van der Waals surface area contributed by atoms with Crippen LogP contribution in [0.25, 0.3) is 0 Å². The molecule has 76 valence electrons. The van der Waals surface area contributed by atoms with Gasteiger partial charge in [-0.1, -0.05) is 46.0 Å². The number of fused-ring (bicyclic) bond motifs is 1. The van der Waals surface area contributed by atoms with Crippen molar-refractivity contribution in [2.24, 2.45) is 23.7 Å². The van der Waals surface area contributed by atoms with Crippen molar-refractivity contribution in [3.05, 3.63) is 0 Å². The van der Waals surface area contributed by atoms with E-state index in [0.717, 1.165) is 23.7 Å². The fraction of sp³-hybridized carbons (Fsp3) is 1.00. The topological polar surface area (TPSA) is 0 Å². The highest BCUT2D eigenvalue weighted by atomic mass is 14.5. The normalized spacial score (nSPS) is 44.8. The van der Waals surface area contributed by atoms with Gasteiger partial charge in [0.15, 0.2) is 0 Å². The summed E-state index contributed by atoms with van der Waals surface area (Å²) in [4.78, 5) is 0. The van der Waals surface area contributed by atoms with Crippen molar-refractivity contribution in [1.82, 2.24) is 0 Å². The predicted octanol–water partition coefficient (Wildman–Crippen LogP) is 4.25. The molecule has 0 bridgehead atoms. The number of hydrogen-bond acceptors (Lipinski definition) is 0. The van der Waals surface area contributed by atoms with Crippen LogP contribution in [0.2, 0.25) is 0 Å². The highest BCUT2D eigenvalue weighted by Gasteiger charge is 2.41. The largest absolute Gasteiger partial charge is 0.0651 e. The molecule has 0 aliphatic heterocycles. The second-order valence-electron chi connectivity index (χ2n) is 5.18. The molecule has 0 heteroatoms.